The van der Waals surface area contributed by atoms with Gasteiger partial charge in [0, 0.05) is 32.1 Å². The van der Waals surface area contributed by atoms with Gasteiger partial charge in [-0.1, -0.05) is 12.1 Å². The van der Waals surface area contributed by atoms with E-state index in [0.29, 0.717) is 11.5 Å². The summed E-state index contributed by atoms with van der Waals surface area (Å²) < 4.78 is 29.0. The van der Waals surface area contributed by atoms with Gasteiger partial charge in [0.25, 0.3) is 0 Å². The number of sulfone groups is 1. The van der Waals surface area contributed by atoms with Crippen molar-refractivity contribution in [2.45, 2.75) is 4.90 Å². The van der Waals surface area contributed by atoms with Gasteiger partial charge in [-0.25, -0.2) is 8.42 Å². The predicted molar refractivity (Wildman–Crippen MR) is 84.8 cm³/mol. The van der Waals surface area contributed by atoms with Crippen LogP contribution < -0.4 is 15.4 Å². The maximum absolute atomic E-state index is 11.7. The van der Waals surface area contributed by atoms with E-state index in [1.807, 2.05) is 37.2 Å². The van der Waals surface area contributed by atoms with Crippen molar-refractivity contribution in [3.05, 3.63) is 42.5 Å². The Morgan fingerprint density at radius 3 is 2.38 bits per heavy atom. The molecule has 0 atom stereocenters. The van der Waals surface area contributed by atoms with Crippen molar-refractivity contribution < 1.29 is 13.2 Å². The van der Waals surface area contributed by atoms with Crippen molar-refractivity contribution in [3.8, 4) is 11.5 Å². The molecule has 5 nitrogen and oxygen atoms in total. The Labute approximate surface area is 124 Å². The molecule has 0 fully saturated rings. The van der Waals surface area contributed by atoms with Gasteiger partial charge in [-0.05, 0) is 24.3 Å². The molecule has 6 heteroatoms. The zero-order valence-electron chi connectivity index (χ0n) is 12.2. The topological polar surface area (TPSA) is 72.6 Å². The lowest BCUT2D eigenvalue weighted by Crippen LogP contribution is -2.08. The molecule has 0 aromatic heterocycles. The lowest BCUT2D eigenvalue weighted by molar-refractivity contribution is 0.483. The van der Waals surface area contributed by atoms with Crippen molar-refractivity contribution in [1.29, 1.82) is 0 Å². The number of hydrogen-bond acceptors (Lipinski definition) is 5. The number of benzene rings is 2. The van der Waals surface area contributed by atoms with Crippen LogP contribution in [0.15, 0.2) is 47.4 Å². The zero-order chi connectivity index (χ0) is 15.6. The lowest BCUT2D eigenvalue weighted by atomic mass is 10.2. The number of hydrogen-bond donors (Lipinski definition) is 1. The first-order valence-corrected chi connectivity index (χ1v) is 8.22. The number of para-hydroxylation sites is 1. The molecule has 2 N–H and O–H groups in total. The Kier molecular flexibility index (Phi) is 4.09. The third kappa shape index (κ3) is 3.46. The molecule has 0 radical (unpaired) electrons. The van der Waals surface area contributed by atoms with Crippen LogP contribution in [0.1, 0.15) is 0 Å². The van der Waals surface area contributed by atoms with Gasteiger partial charge in [-0.2, -0.15) is 0 Å². The standard InChI is InChI=1S/C15H18N2O3S/c1-17(2)11-6-4-7-12(10-11)20-13-8-5-9-14(15(13)16)21(3,18)19/h4-10H,16H2,1-3H3. The number of nitrogens with two attached hydrogens (primary N) is 1. The molecule has 0 aliphatic heterocycles. The van der Waals surface area contributed by atoms with Gasteiger partial charge in [0.05, 0.1) is 10.6 Å². The molecule has 0 spiro atoms. The number of nitrogens with zero attached hydrogens (tertiary/aromatic N) is 1. The largest absolute Gasteiger partial charge is 0.455 e. The molecule has 0 unspecified atom stereocenters. The minimum atomic E-state index is -3.38. The highest BCUT2D eigenvalue weighted by Gasteiger charge is 2.15. The van der Waals surface area contributed by atoms with Crippen LogP contribution in [0.25, 0.3) is 0 Å². The van der Waals surface area contributed by atoms with Crippen molar-refractivity contribution in [2.24, 2.45) is 0 Å². The van der Waals surface area contributed by atoms with Crippen LogP contribution in [0.4, 0.5) is 11.4 Å². The smallest absolute Gasteiger partial charge is 0.177 e. The van der Waals surface area contributed by atoms with E-state index in [4.69, 9.17) is 10.5 Å². The molecule has 2 rings (SSSR count). The Balaban J connectivity index is 2.39. The Morgan fingerprint density at radius 2 is 1.76 bits per heavy atom. The maximum Gasteiger partial charge on any atom is 0.177 e. The summed E-state index contributed by atoms with van der Waals surface area (Å²) in [6.45, 7) is 0. The van der Waals surface area contributed by atoms with E-state index in [1.54, 1.807) is 18.2 Å². The molecule has 0 aliphatic carbocycles. The third-order valence-corrected chi connectivity index (χ3v) is 4.14. The number of nitrogen functional groups attached to an aromatic ring is 1. The highest BCUT2D eigenvalue weighted by atomic mass is 32.2. The van der Waals surface area contributed by atoms with E-state index in [9.17, 15) is 8.42 Å². The minimum absolute atomic E-state index is 0.0729. The first-order chi connectivity index (χ1) is 9.79. The number of rotatable bonds is 4. The lowest BCUT2D eigenvalue weighted by Gasteiger charge is -2.15. The fourth-order valence-corrected chi connectivity index (χ4v) is 2.71. The SMILES string of the molecule is CN(C)c1cccc(Oc2cccc(S(C)(=O)=O)c2N)c1. The van der Waals surface area contributed by atoms with Crippen LogP contribution in [-0.2, 0) is 9.84 Å². The predicted octanol–water partition coefficient (Wildman–Crippen LogP) is 2.53. The normalized spacial score (nSPS) is 11.2. The van der Waals surface area contributed by atoms with Gasteiger partial charge in [-0.15, -0.1) is 0 Å². The molecule has 0 saturated carbocycles. The summed E-state index contributed by atoms with van der Waals surface area (Å²) in [5.41, 5.74) is 7.00. The van der Waals surface area contributed by atoms with Crippen LogP contribution in [0, 0.1) is 0 Å². The average molecular weight is 306 g/mol. The summed E-state index contributed by atoms with van der Waals surface area (Å²) in [5, 5.41) is 0. The molecule has 2 aromatic carbocycles. The fraction of sp³-hybridized carbons (Fsp3) is 0.200. The third-order valence-electron chi connectivity index (χ3n) is 2.99. The average Bonchev–Trinajstić information content (AvgIpc) is 2.40. The van der Waals surface area contributed by atoms with Gasteiger partial charge in [0.15, 0.2) is 15.6 Å². The van der Waals surface area contributed by atoms with Crippen molar-refractivity contribution >= 4 is 21.2 Å². The van der Waals surface area contributed by atoms with Crippen LogP contribution in [0.5, 0.6) is 11.5 Å². The molecule has 0 bridgehead atoms. The quantitative estimate of drug-likeness (QED) is 0.879. The summed E-state index contributed by atoms with van der Waals surface area (Å²) in [4.78, 5) is 2.02. The zero-order valence-corrected chi connectivity index (χ0v) is 13.0. The molecule has 0 aliphatic rings. The first kappa shape index (κ1) is 15.2. The van der Waals surface area contributed by atoms with E-state index in [-0.39, 0.29) is 10.6 Å². The van der Waals surface area contributed by atoms with Crippen molar-refractivity contribution in [2.75, 3.05) is 31.0 Å². The minimum Gasteiger partial charge on any atom is -0.455 e. The molecule has 0 heterocycles. The van der Waals surface area contributed by atoms with Gasteiger partial charge in [-0.3, -0.25) is 0 Å². The van der Waals surface area contributed by atoms with Crippen molar-refractivity contribution in [1.82, 2.24) is 0 Å². The molecular weight excluding hydrogens is 288 g/mol. The highest BCUT2D eigenvalue weighted by molar-refractivity contribution is 7.90. The molecule has 2 aromatic rings. The van der Waals surface area contributed by atoms with Crippen LogP contribution in [0.3, 0.4) is 0 Å². The van der Waals surface area contributed by atoms with Gasteiger partial charge < -0.3 is 15.4 Å². The van der Waals surface area contributed by atoms with E-state index in [0.717, 1.165) is 11.9 Å². The summed E-state index contributed by atoms with van der Waals surface area (Å²) in [5.74, 6) is 0.924. The molecule has 21 heavy (non-hydrogen) atoms. The maximum atomic E-state index is 11.7. The fourth-order valence-electron chi connectivity index (χ4n) is 1.89. The summed E-state index contributed by atoms with van der Waals surface area (Å²) in [6.07, 6.45) is 1.12. The Morgan fingerprint density at radius 1 is 1.10 bits per heavy atom. The second kappa shape index (κ2) is 5.65. The molecule has 0 saturated heterocycles. The van der Waals surface area contributed by atoms with E-state index >= 15 is 0 Å². The first-order valence-electron chi connectivity index (χ1n) is 6.33. The molecule has 112 valence electrons. The van der Waals surface area contributed by atoms with Crippen LogP contribution >= 0.6 is 0 Å². The van der Waals surface area contributed by atoms with E-state index < -0.39 is 9.84 Å². The number of ether oxygens (including phenoxy) is 1. The molecular formula is C15H18N2O3S. The summed E-state index contributed by atoms with van der Waals surface area (Å²) in [7, 11) is 0.474. The second-order valence-corrected chi connectivity index (χ2v) is 6.92. The summed E-state index contributed by atoms with van der Waals surface area (Å²) in [6, 6.07) is 12.2. The monoisotopic (exact) mass is 306 g/mol. The summed E-state index contributed by atoms with van der Waals surface area (Å²) >= 11 is 0. The second-order valence-electron chi connectivity index (χ2n) is 4.93. The van der Waals surface area contributed by atoms with Gasteiger partial charge in [0.1, 0.15) is 5.75 Å². The van der Waals surface area contributed by atoms with E-state index in [1.165, 1.54) is 6.07 Å². The Hall–Kier alpha value is -2.21. The van der Waals surface area contributed by atoms with Gasteiger partial charge in [0.2, 0.25) is 0 Å². The van der Waals surface area contributed by atoms with Gasteiger partial charge >= 0.3 is 0 Å². The highest BCUT2D eigenvalue weighted by Crippen LogP contribution is 2.33. The van der Waals surface area contributed by atoms with E-state index in [2.05, 4.69) is 0 Å². The Bertz CT molecular complexity index is 755. The molecule has 0 amide bonds. The van der Waals surface area contributed by atoms with Crippen LogP contribution in [-0.4, -0.2) is 28.8 Å². The van der Waals surface area contributed by atoms with Crippen molar-refractivity contribution in [3.63, 3.8) is 0 Å². The van der Waals surface area contributed by atoms with Crippen LogP contribution in [0.2, 0.25) is 0 Å². The number of anilines is 2.